The summed E-state index contributed by atoms with van der Waals surface area (Å²) in [7, 11) is 0. The number of rotatable bonds is 4. The van der Waals surface area contributed by atoms with Crippen LogP contribution in [0.5, 0.6) is 0 Å². The molecule has 0 amide bonds. The number of carbonyl (C=O) groups is 2. The molecule has 0 radical (unpaired) electrons. The molecule has 0 aliphatic rings. The summed E-state index contributed by atoms with van der Waals surface area (Å²) in [5.41, 5.74) is 0. The van der Waals surface area contributed by atoms with Crippen molar-refractivity contribution >= 4 is 17.8 Å². The van der Waals surface area contributed by atoms with Gasteiger partial charge in [-0.25, -0.2) is 9.59 Å². The minimum Gasteiger partial charge on any atom is -0.479 e. The molecule has 13 heavy (non-hydrogen) atoms. The highest BCUT2D eigenvalue weighted by Crippen LogP contribution is 2.03. The maximum absolute atomic E-state index is 10.4. The Labute approximate surface area is 73.2 Å². The van der Waals surface area contributed by atoms with Crippen LogP contribution < -0.4 is 5.32 Å². The summed E-state index contributed by atoms with van der Waals surface area (Å²) in [6, 6.07) is 1.54. The zero-order valence-corrected chi connectivity index (χ0v) is 6.52. The van der Waals surface area contributed by atoms with E-state index in [1.54, 1.807) is 18.3 Å². The first-order valence-electron chi connectivity index (χ1n) is 3.47. The van der Waals surface area contributed by atoms with Gasteiger partial charge in [0.05, 0.1) is 0 Å². The molecule has 0 saturated heterocycles. The maximum atomic E-state index is 10.4. The summed E-state index contributed by atoms with van der Waals surface area (Å²) < 4.78 is 0. The van der Waals surface area contributed by atoms with Gasteiger partial charge in [0, 0.05) is 6.20 Å². The van der Waals surface area contributed by atoms with Crippen molar-refractivity contribution in [1.29, 1.82) is 0 Å². The number of hydrogen-bond acceptors (Lipinski definition) is 3. The Morgan fingerprint density at radius 1 is 1.38 bits per heavy atom. The average molecular weight is 184 g/mol. The summed E-state index contributed by atoms with van der Waals surface area (Å²) in [4.78, 5) is 23.5. The summed E-state index contributed by atoms with van der Waals surface area (Å²) in [6.07, 6.45) is 1.56. The van der Waals surface area contributed by atoms with Gasteiger partial charge in [-0.2, -0.15) is 0 Å². The molecule has 0 aromatic carbocycles. The van der Waals surface area contributed by atoms with Crippen molar-refractivity contribution in [2.45, 2.75) is 6.04 Å². The molecule has 0 spiro atoms. The fourth-order valence-corrected chi connectivity index (χ4v) is 0.805. The fraction of sp³-hybridized carbons (Fsp3) is 0.143. The molecule has 0 saturated carbocycles. The molecule has 0 aliphatic heterocycles. The van der Waals surface area contributed by atoms with Gasteiger partial charge in [0.25, 0.3) is 0 Å². The maximum Gasteiger partial charge on any atom is 0.337 e. The first-order valence-corrected chi connectivity index (χ1v) is 3.47. The monoisotopic (exact) mass is 184 g/mol. The highest BCUT2D eigenvalue weighted by Gasteiger charge is 2.25. The Morgan fingerprint density at radius 3 is 2.38 bits per heavy atom. The quantitative estimate of drug-likeness (QED) is 0.492. The Balaban J connectivity index is 2.69. The number of carboxylic acid groups (broad SMARTS) is 2. The topological polar surface area (TPSA) is 102 Å². The van der Waals surface area contributed by atoms with E-state index in [9.17, 15) is 9.59 Å². The molecule has 6 nitrogen and oxygen atoms in total. The summed E-state index contributed by atoms with van der Waals surface area (Å²) in [5, 5.41) is 19.3. The van der Waals surface area contributed by atoms with Crippen molar-refractivity contribution in [1.82, 2.24) is 4.98 Å². The standard InChI is InChI=1S/C7H8N2O4/c10-6(11)5(7(12)13)9-4-2-1-3-8-4/h1-3,5,8-9H,(H,10,11)(H,12,13). The average Bonchev–Trinajstić information content (AvgIpc) is 2.50. The van der Waals surface area contributed by atoms with Crippen LogP contribution in [0, 0.1) is 0 Å². The minimum absolute atomic E-state index is 0.356. The van der Waals surface area contributed by atoms with Crippen molar-refractivity contribution in [3.05, 3.63) is 18.3 Å². The first-order chi connectivity index (χ1) is 6.11. The van der Waals surface area contributed by atoms with Crippen molar-refractivity contribution in [3.8, 4) is 0 Å². The van der Waals surface area contributed by atoms with Crippen LogP contribution in [0.2, 0.25) is 0 Å². The SMILES string of the molecule is O=C(O)C(Nc1ccc[nH]1)C(=O)O. The Hall–Kier alpha value is -1.98. The molecule has 6 heteroatoms. The molecule has 0 aliphatic carbocycles. The molecule has 0 unspecified atom stereocenters. The van der Waals surface area contributed by atoms with Gasteiger partial charge in [-0.3, -0.25) is 0 Å². The van der Waals surface area contributed by atoms with Gasteiger partial charge in [0.1, 0.15) is 5.82 Å². The van der Waals surface area contributed by atoms with Gasteiger partial charge < -0.3 is 20.5 Å². The second-order valence-electron chi connectivity index (χ2n) is 2.34. The molecule has 70 valence electrons. The van der Waals surface area contributed by atoms with E-state index in [4.69, 9.17) is 10.2 Å². The van der Waals surface area contributed by atoms with Crippen LogP contribution in [0.15, 0.2) is 18.3 Å². The lowest BCUT2D eigenvalue weighted by atomic mass is 10.3. The lowest BCUT2D eigenvalue weighted by molar-refractivity contribution is -0.148. The highest BCUT2D eigenvalue weighted by molar-refractivity contribution is 6.00. The number of aromatic nitrogens is 1. The van der Waals surface area contributed by atoms with Gasteiger partial charge in [0.2, 0.25) is 6.04 Å². The van der Waals surface area contributed by atoms with Crippen LogP contribution in [-0.2, 0) is 9.59 Å². The van der Waals surface area contributed by atoms with Gasteiger partial charge in [-0.1, -0.05) is 0 Å². The lowest BCUT2D eigenvalue weighted by Crippen LogP contribution is -2.37. The third kappa shape index (κ3) is 2.22. The number of carboxylic acids is 2. The second-order valence-corrected chi connectivity index (χ2v) is 2.34. The van der Waals surface area contributed by atoms with Crippen LogP contribution in [0.4, 0.5) is 5.82 Å². The molecule has 4 N–H and O–H groups in total. The van der Waals surface area contributed by atoms with Crippen LogP contribution in [0.25, 0.3) is 0 Å². The third-order valence-corrected chi connectivity index (χ3v) is 1.39. The molecule has 1 aromatic rings. The van der Waals surface area contributed by atoms with Gasteiger partial charge in [-0.15, -0.1) is 0 Å². The molecule has 0 bridgehead atoms. The van der Waals surface area contributed by atoms with E-state index in [1.807, 2.05) is 0 Å². The molecule has 0 fully saturated rings. The summed E-state index contributed by atoms with van der Waals surface area (Å²) in [5.74, 6) is -2.50. The fourth-order valence-electron chi connectivity index (χ4n) is 0.805. The van der Waals surface area contributed by atoms with Crippen molar-refractivity contribution in [2.75, 3.05) is 5.32 Å². The van der Waals surface area contributed by atoms with Crippen LogP contribution in [0.3, 0.4) is 0 Å². The summed E-state index contributed by atoms with van der Waals surface area (Å²) >= 11 is 0. The molecule has 1 rings (SSSR count). The van der Waals surface area contributed by atoms with Crippen LogP contribution >= 0.6 is 0 Å². The molecule has 0 atom stereocenters. The van der Waals surface area contributed by atoms with Gasteiger partial charge in [0.15, 0.2) is 0 Å². The van der Waals surface area contributed by atoms with Gasteiger partial charge in [-0.05, 0) is 12.1 Å². The van der Waals surface area contributed by atoms with Crippen molar-refractivity contribution in [3.63, 3.8) is 0 Å². The van der Waals surface area contributed by atoms with E-state index < -0.39 is 18.0 Å². The number of hydrogen-bond donors (Lipinski definition) is 4. The van der Waals surface area contributed by atoms with Crippen LogP contribution in [0.1, 0.15) is 0 Å². The zero-order chi connectivity index (χ0) is 9.84. The van der Waals surface area contributed by atoms with Crippen LogP contribution in [-0.4, -0.2) is 33.2 Å². The number of nitrogens with one attached hydrogen (secondary N) is 2. The van der Waals surface area contributed by atoms with E-state index >= 15 is 0 Å². The number of anilines is 1. The number of aromatic amines is 1. The van der Waals surface area contributed by atoms with Crippen molar-refractivity contribution < 1.29 is 19.8 Å². The predicted molar refractivity (Wildman–Crippen MR) is 43.5 cm³/mol. The highest BCUT2D eigenvalue weighted by atomic mass is 16.4. The normalized spacial score (nSPS) is 9.92. The zero-order valence-electron chi connectivity index (χ0n) is 6.52. The van der Waals surface area contributed by atoms with E-state index in [0.717, 1.165) is 0 Å². The van der Waals surface area contributed by atoms with E-state index in [0.29, 0.717) is 5.82 Å². The summed E-state index contributed by atoms with van der Waals surface area (Å²) in [6.45, 7) is 0. The molecular formula is C7H8N2O4. The van der Waals surface area contributed by atoms with Gasteiger partial charge >= 0.3 is 11.9 Å². The Morgan fingerprint density at radius 2 is 2.00 bits per heavy atom. The Bertz CT molecular complexity index is 292. The lowest BCUT2D eigenvalue weighted by Gasteiger charge is -2.08. The van der Waals surface area contributed by atoms with E-state index in [2.05, 4.69) is 10.3 Å². The number of H-pyrrole nitrogens is 1. The minimum atomic E-state index is -1.63. The largest absolute Gasteiger partial charge is 0.479 e. The Kier molecular flexibility index (Phi) is 2.53. The number of aliphatic carboxylic acids is 2. The molecule has 1 heterocycles. The third-order valence-electron chi connectivity index (χ3n) is 1.39. The molecule has 1 aromatic heterocycles. The smallest absolute Gasteiger partial charge is 0.337 e. The second kappa shape index (κ2) is 3.61. The van der Waals surface area contributed by atoms with Crippen molar-refractivity contribution in [2.24, 2.45) is 0 Å². The van der Waals surface area contributed by atoms with E-state index in [1.165, 1.54) is 0 Å². The van der Waals surface area contributed by atoms with E-state index in [-0.39, 0.29) is 0 Å². The first kappa shape index (κ1) is 9.11. The predicted octanol–water partition coefficient (Wildman–Crippen LogP) is -0.0356. The molecular weight excluding hydrogens is 176 g/mol.